The van der Waals surface area contributed by atoms with Crippen molar-refractivity contribution in [3.63, 3.8) is 0 Å². The normalized spacial score (nSPS) is 14.7. The number of carbonyl (C=O) groups is 1. The van der Waals surface area contributed by atoms with Gasteiger partial charge in [0.1, 0.15) is 5.75 Å². The van der Waals surface area contributed by atoms with Gasteiger partial charge in [-0.1, -0.05) is 6.08 Å². The Morgan fingerprint density at radius 3 is 2.83 bits per heavy atom. The second kappa shape index (κ2) is 7.21. The summed E-state index contributed by atoms with van der Waals surface area (Å²) >= 11 is 1.45. The molecule has 118 valence electrons. The van der Waals surface area contributed by atoms with Crippen molar-refractivity contribution in [3.05, 3.63) is 46.2 Å². The molecule has 0 amide bonds. The quantitative estimate of drug-likeness (QED) is 0.379. The number of aliphatic imine (C=N–C) groups is 1. The first-order valence-corrected chi connectivity index (χ1v) is 8.02. The summed E-state index contributed by atoms with van der Waals surface area (Å²) in [6, 6.07) is 8.60. The highest BCUT2D eigenvalue weighted by Crippen LogP contribution is 2.34. The van der Waals surface area contributed by atoms with Gasteiger partial charge in [-0.05, 0) is 42.3 Å². The Bertz CT molecular complexity index is 748. The fourth-order valence-electron chi connectivity index (χ4n) is 2.22. The number of hydrogen-bond acceptors (Lipinski definition) is 5. The van der Waals surface area contributed by atoms with E-state index in [4.69, 9.17) is 4.74 Å². The maximum atomic E-state index is 11.2. The zero-order valence-electron chi connectivity index (χ0n) is 12.4. The van der Waals surface area contributed by atoms with E-state index < -0.39 is 0 Å². The van der Waals surface area contributed by atoms with Crippen molar-refractivity contribution in [2.24, 2.45) is 4.99 Å². The molecule has 0 spiro atoms. The molecule has 23 heavy (non-hydrogen) atoms. The number of phenolic OH excluding ortho intramolecular Hbond substituents is 1. The number of phenols is 1. The highest BCUT2D eigenvalue weighted by atomic mass is 32.1. The molecule has 1 aromatic heterocycles. The lowest BCUT2D eigenvalue weighted by Gasteiger charge is -2.11. The molecule has 2 N–H and O–H groups in total. The van der Waals surface area contributed by atoms with E-state index in [1.165, 1.54) is 16.9 Å². The summed E-state index contributed by atoms with van der Waals surface area (Å²) in [5, 5.41) is 12.3. The van der Waals surface area contributed by atoms with E-state index in [0.717, 1.165) is 23.3 Å². The van der Waals surface area contributed by atoms with E-state index in [1.807, 2.05) is 12.1 Å². The maximum Gasteiger partial charge on any atom is 0.162 e. The third-order valence-electron chi connectivity index (χ3n) is 3.43. The molecule has 0 aliphatic carbocycles. The number of benzene rings is 1. The molecular weight excluding hydrogens is 312 g/mol. The summed E-state index contributed by atoms with van der Waals surface area (Å²) in [7, 11) is 0. The first-order valence-electron chi connectivity index (χ1n) is 7.20. The lowest BCUT2D eigenvalue weighted by Crippen LogP contribution is -2.02. The van der Waals surface area contributed by atoms with E-state index in [2.05, 4.69) is 10.3 Å². The Labute approximate surface area is 138 Å². The number of ether oxygens (including phenoxy) is 1. The first kappa shape index (κ1) is 15.5. The van der Waals surface area contributed by atoms with Crippen LogP contribution in [0.4, 0.5) is 11.4 Å². The summed E-state index contributed by atoms with van der Waals surface area (Å²) in [5.41, 5.74) is 2.66. The Balaban J connectivity index is 1.75. The highest BCUT2D eigenvalue weighted by molar-refractivity contribution is 7.15. The van der Waals surface area contributed by atoms with Gasteiger partial charge in [0.25, 0.3) is 0 Å². The molecule has 0 saturated carbocycles. The minimum Gasteiger partial charge on any atom is -0.508 e. The van der Waals surface area contributed by atoms with E-state index in [0.29, 0.717) is 23.8 Å². The minimum absolute atomic E-state index is 0.211. The third kappa shape index (κ3) is 3.85. The SMILES string of the molecule is O=Cc1sc(C2=CCOCC2)cc1/N=C\Nc1ccc(O)cc1. The predicted molar refractivity (Wildman–Crippen MR) is 93.0 cm³/mol. The van der Waals surface area contributed by atoms with Crippen molar-refractivity contribution in [3.8, 4) is 5.75 Å². The van der Waals surface area contributed by atoms with Crippen LogP contribution in [0, 0.1) is 0 Å². The number of anilines is 1. The van der Waals surface area contributed by atoms with Gasteiger partial charge in [-0.3, -0.25) is 4.79 Å². The van der Waals surface area contributed by atoms with E-state index >= 15 is 0 Å². The van der Waals surface area contributed by atoms with Crippen LogP contribution < -0.4 is 5.32 Å². The Hall–Kier alpha value is -2.44. The zero-order valence-corrected chi connectivity index (χ0v) is 13.2. The van der Waals surface area contributed by atoms with Gasteiger partial charge in [-0.15, -0.1) is 11.3 Å². The van der Waals surface area contributed by atoms with Crippen molar-refractivity contribution in [1.29, 1.82) is 0 Å². The molecule has 2 aromatic rings. The van der Waals surface area contributed by atoms with Gasteiger partial charge in [0, 0.05) is 10.6 Å². The molecule has 0 radical (unpaired) electrons. The summed E-state index contributed by atoms with van der Waals surface area (Å²) in [4.78, 5) is 17.2. The lowest BCUT2D eigenvalue weighted by atomic mass is 10.1. The van der Waals surface area contributed by atoms with Crippen LogP contribution >= 0.6 is 11.3 Å². The van der Waals surface area contributed by atoms with Crippen molar-refractivity contribution < 1.29 is 14.6 Å². The summed E-state index contributed by atoms with van der Waals surface area (Å²) in [5.74, 6) is 0.211. The summed E-state index contributed by atoms with van der Waals surface area (Å²) in [6.07, 6.45) is 5.28. The monoisotopic (exact) mass is 328 g/mol. The maximum absolute atomic E-state index is 11.2. The number of carbonyl (C=O) groups excluding carboxylic acids is 1. The van der Waals surface area contributed by atoms with Gasteiger partial charge in [0.15, 0.2) is 6.29 Å². The molecule has 0 saturated heterocycles. The van der Waals surface area contributed by atoms with Gasteiger partial charge in [-0.2, -0.15) is 0 Å². The zero-order chi connectivity index (χ0) is 16.1. The fraction of sp³-hybridized carbons (Fsp3) is 0.176. The van der Waals surface area contributed by atoms with Crippen LogP contribution in [0.5, 0.6) is 5.75 Å². The van der Waals surface area contributed by atoms with Crippen LogP contribution in [-0.4, -0.2) is 30.9 Å². The second-order valence-corrected chi connectivity index (χ2v) is 6.07. The number of thiophene rings is 1. The Morgan fingerprint density at radius 2 is 2.13 bits per heavy atom. The van der Waals surface area contributed by atoms with Crippen molar-refractivity contribution in [2.45, 2.75) is 6.42 Å². The standard InChI is InChI=1S/C17H16N2O3S/c20-10-17-15(9-16(23-17)12-5-7-22-8-6-12)19-11-18-13-1-3-14(21)4-2-13/h1-5,9-11,21H,6-8H2,(H,18,19). The second-order valence-electron chi connectivity index (χ2n) is 4.98. The van der Waals surface area contributed by atoms with Gasteiger partial charge in [0.05, 0.1) is 30.1 Å². The number of hydrogen-bond donors (Lipinski definition) is 2. The molecule has 3 rings (SSSR count). The van der Waals surface area contributed by atoms with Crippen LogP contribution in [0.25, 0.3) is 5.57 Å². The summed E-state index contributed by atoms with van der Waals surface area (Å²) < 4.78 is 5.31. The average Bonchev–Trinajstić information content (AvgIpc) is 3.01. The average molecular weight is 328 g/mol. The van der Waals surface area contributed by atoms with Crippen LogP contribution in [0.1, 0.15) is 21.0 Å². The van der Waals surface area contributed by atoms with Crippen molar-refractivity contribution >= 4 is 40.9 Å². The topological polar surface area (TPSA) is 70.9 Å². The van der Waals surface area contributed by atoms with Gasteiger partial charge in [-0.25, -0.2) is 4.99 Å². The minimum atomic E-state index is 0.211. The molecule has 0 atom stereocenters. The molecule has 1 aromatic carbocycles. The van der Waals surface area contributed by atoms with Gasteiger partial charge in [0.2, 0.25) is 0 Å². The number of aldehydes is 1. The third-order valence-corrected chi connectivity index (χ3v) is 4.55. The van der Waals surface area contributed by atoms with Crippen LogP contribution in [0.3, 0.4) is 0 Å². The van der Waals surface area contributed by atoms with Crippen molar-refractivity contribution in [2.75, 3.05) is 18.5 Å². The van der Waals surface area contributed by atoms with Gasteiger partial charge < -0.3 is 15.2 Å². The molecule has 0 unspecified atom stereocenters. The Morgan fingerprint density at radius 1 is 1.30 bits per heavy atom. The van der Waals surface area contributed by atoms with Crippen LogP contribution in [-0.2, 0) is 4.74 Å². The number of nitrogens with zero attached hydrogens (tertiary/aromatic N) is 1. The van der Waals surface area contributed by atoms with Crippen LogP contribution in [0.2, 0.25) is 0 Å². The van der Waals surface area contributed by atoms with Gasteiger partial charge >= 0.3 is 0 Å². The largest absolute Gasteiger partial charge is 0.508 e. The number of nitrogens with one attached hydrogen (secondary N) is 1. The first-order chi connectivity index (χ1) is 11.3. The van der Waals surface area contributed by atoms with E-state index in [9.17, 15) is 9.90 Å². The molecule has 5 nitrogen and oxygen atoms in total. The molecule has 2 heterocycles. The molecule has 1 aliphatic rings. The predicted octanol–water partition coefficient (Wildman–Crippen LogP) is 3.84. The number of aromatic hydroxyl groups is 1. The van der Waals surface area contributed by atoms with Crippen LogP contribution in [0.15, 0.2) is 41.4 Å². The molecular formula is C17H16N2O3S. The molecule has 0 fully saturated rings. The molecule has 6 heteroatoms. The molecule has 1 aliphatic heterocycles. The highest BCUT2D eigenvalue weighted by Gasteiger charge is 2.13. The lowest BCUT2D eigenvalue weighted by molar-refractivity contribution is 0.112. The Kier molecular flexibility index (Phi) is 4.85. The fourth-order valence-corrected chi connectivity index (χ4v) is 3.21. The van der Waals surface area contributed by atoms with E-state index in [-0.39, 0.29) is 5.75 Å². The van der Waals surface area contributed by atoms with E-state index in [1.54, 1.807) is 30.6 Å². The summed E-state index contributed by atoms with van der Waals surface area (Å²) in [6.45, 7) is 1.33. The molecule has 0 bridgehead atoms. The number of rotatable bonds is 5. The smallest absolute Gasteiger partial charge is 0.162 e. The van der Waals surface area contributed by atoms with Crippen molar-refractivity contribution in [1.82, 2.24) is 0 Å².